The number of hydrogen-bond acceptors (Lipinski definition) is 2. The normalized spacial score (nSPS) is 10.8. The smallest absolute Gasteiger partial charge is 0.141 e. The molecule has 0 spiro atoms. The summed E-state index contributed by atoms with van der Waals surface area (Å²) >= 11 is 0. The van der Waals surface area contributed by atoms with Crippen LogP contribution in [0.4, 0.5) is 4.39 Å². The van der Waals surface area contributed by atoms with Crippen LogP contribution >= 0.6 is 0 Å². The molecule has 0 unspecified atom stereocenters. The van der Waals surface area contributed by atoms with Crippen LogP contribution in [0.25, 0.3) is 0 Å². The van der Waals surface area contributed by atoms with Gasteiger partial charge in [-0.15, -0.1) is 0 Å². The highest BCUT2D eigenvalue weighted by atomic mass is 19.1. The average molecular weight is 259 g/mol. The summed E-state index contributed by atoms with van der Waals surface area (Å²) in [6.45, 7) is 6.77. The molecule has 1 heterocycles. The van der Waals surface area contributed by atoms with Crippen LogP contribution < -0.4 is 4.74 Å². The first-order valence-corrected chi connectivity index (χ1v) is 6.40. The predicted molar refractivity (Wildman–Crippen MR) is 73.8 cm³/mol. The van der Waals surface area contributed by atoms with E-state index in [4.69, 9.17) is 4.74 Å². The maximum atomic E-state index is 12.7. The minimum Gasteiger partial charge on any atom is -0.487 e. The van der Waals surface area contributed by atoms with E-state index in [1.165, 1.54) is 23.4 Å². The summed E-state index contributed by atoms with van der Waals surface area (Å²) in [5, 5.41) is 0. The molecule has 0 atom stereocenters. The number of hydrogen-bond donors (Lipinski definition) is 0. The summed E-state index contributed by atoms with van der Waals surface area (Å²) in [4.78, 5) is 3.97. The van der Waals surface area contributed by atoms with Crippen molar-refractivity contribution in [2.24, 2.45) is 0 Å². The number of nitrogens with zero attached hydrogens (tertiary/aromatic N) is 1. The van der Waals surface area contributed by atoms with E-state index < -0.39 is 0 Å². The van der Waals surface area contributed by atoms with Gasteiger partial charge in [-0.25, -0.2) is 4.39 Å². The second-order valence-corrected chi connectivity index (χ2v) is 4.93. The van der Waals surface area contributed by atoms with Crippen LogP contribution in [0.2, 0.25) is 0 Å². The predicted octanol–water partition coefficient (Wildman–Crippen LogP) is 4.23. The highest BCUT2D eigenvalue weighted by molar-refractivity contribution is 5.36. The van der Waals surface area contributed by atoms with E-state index in [0.717, 1.165) is 5.75 Å². The summed E-state index contributed by atoms with van der Waals surface area (Å²) in [6, 6.07) is 9.09. The van der Waals surface area contributed by atoms with Gasteiger partial charge in [0.05, 0.1) is 11.9 Å². The Hall–Kier alpha value is -1.90. The minimum atomic E-state index is -0.332. The first-order valence-electron chi connectivity index (χ1n) is 6.40. The van der Waals surface area contributed by atoms with Crippen LogP contribution in [0, 0.1) is 12.7 Å². The van der Waals surface area contributed by atoms with Crippen molar-refractivity contribution < 1.29 is 9.13 Å². The van der Waals surface area contributed by atoms with Crippen molar-refractivity contribution in [3.05, 3.63) is 59.2 Å². The molecular weight excluding hydrogens is 241 g/mol. The van der Waals surface area contributed by atoms with E-state index >= 15 is 0 Å². The van der Waals surface area contributed by atoms with Gasteiger partial charge in [0.2, 0.25) is 0 Å². The zero-order chi connectivity index (χ0) is 13.8. The summed E-state index contributed by atoms with van der Waals surface area (Å²) in [5.74, 6) is 0.953. The van der Waals surface area contributed by atoms with E-state index in [1.54, 1.807) is 6.07 Å². The number of halogens is 1. The van der Waals surface area contributed by atoms with Gasteiger partial charge in [0, 0.05) is 0 Å². The molecule has 1 aromatic carbocycles. The Labute approximate surface area is 113 Å². The van der Waals surface area contributed by atoms with E-state index in [0.29, 0.717) is 18.2 Å². The number of aryl methyl sites for hydroxylation is 1. The maximum absolute atomic E-state index is 12.7. The van der Waals surface area contributed by atoms with Crippen molar-refractivity contribution in [2.75, 3.05) is 0 Å². The third kappa shape index (κ3) is 3.53. The van der Waals surface area contributed by atoms with Gasteiger partial charge >= 0.3 is 0 Å². The molecule has 0 aliphatic heterocycles. The molecule has 0 fully saturated rings. The third-order valence-corrected chi connectivity index (χ3v) is 3.05. The molecule has 2 aromatic rings. The van der Waals surface area contributed by atoms with Gasteiger partial charge in [0.1, 0.15) is 18.2 Å². The standard InChI is InChI=1S/C16H18FNO/c1-11(2)16-8-15(7-4-12(16)3)19-10-14-6-5-13(17)9-18-14/h4-9,11H,10H2,1-3H3. The molecule has 0 aliphatic carbocycles. The number of aromatic nitrogens is 1. The van der Waals surface area contributed by atoms with Crippen molar-refractivity contribution in [1.29, 1.82) is 0 Å². The topological polar surface area (TPSA) is 22.1 Å². The second kappa shape index (κ2) is 5.83. The SMILES string of the molecule is Cc1ccc(OCc2ccc(F)cn2)cc1C(C)C. The fourth-order valence-corrected chi connectivity index (χ4v) is 1.98. The van der Waals surface area contributed by atoms with E-state index in [2.05, 4.69) is 37.9 Å². The Bertz CT molecular complexity index is 549. The number of benzene rings is 1. The van der Waals surface area contributed by atoms with Crippen LogP contribution in [0.1, 0.15) is 36.6 Å². The number of pyridine rings is 1. The molecule has 100 valence electrons. The monoisotopic (exact) mass is 259 g/mol. The minimum absolute atomic E-state index is 0.332. The molecule has 0 saturated heterocycles. The summed E-state index contributed by atoms with van der Waals surface area (Å²) in [6.07, 6.45) is 1.20. The van der Waals surface area contributed by atoms with Crippen LogP contribution in [0.5, 0.6) is 5.75 Å². The van der Waals surface area contributed by atoms with Crippen molar-refractivity contribution in [2.45, 2.75) is 33.3 Å². The van der Waals surface area contributed by atoms with Crippen molar-refractivity contribution in [3.63, 3.8) is 0 Å². The van der Waals surface area contributed by atoms with Gasteiger partial charge in [0.15, 0.2) is 0 Å². The van der Waals surface area contributed by atoms with Gasteiger partial charge in [-0.1, -0.05) is 19.9 Å². The lowest BCUT2D eigenvalue weighted by Gasteiger charge is -2.12. The van der Waals surface area contributed by atoms with Crippen molar-refractivity contribution in [3.8, 4) is 5.75 Å². The number of rotatable bonds is 4. The largest absolute Gasteiger partial charge is 0.487 e. The lowest BCUT2D eigenvalue weighted by atomic mass is 9.98. The fraction of sp³-hybridized carbons (Fsp3) is 0.312. The Morgan fingerprint density at radius 2 is 2.00 bits per heavy atom. The van der Waals surface area contributed by atoms with Crippen LogP contribution in [-0.4, -0.2) is 4.98 Å². The molecule has 2 nitrogen and oxygen atoms in total. The average Bonchev–Trinajstić information content (AvgIpc) is 2.39. The van der Waals surface area contributed by atoms with E-state index in [9.17, 15) is 4.39 Å². The third-order valence-electron chi connectivity index (χ3n) is 3.05. The lowest BCUT2D eigenvalue weighted by Crippen LogP contribution is -2.00. The van der Waals surface area contributed by atoms with Gasteiger partial charge < -0.3 is 4.74 Å². The molecule has 0 aliphatic rings. The zero-order valence-corrected chi connectivity index (χ0v) is 11.5. The highest BCUT2D eigenvalue weighted by Gasteiger charge is 2.05. The lowest BCUT2D eigenvalue weighted by molar-refractivity contribution is 0.300. The van der Waals surface area contributed by atoms with E-state index in [1.807, 2.05) is 6.07 Å². The van der Waals surface area contributed by atoms with Crippen LogP contribution in [-0.2, 0) is 6.61 Å². The van der Waals surface area contributed by atoms with Crippen molar-refractivity contribution in [1.82, 2.24) is 4.98 Å². The Balaban J connectivity index is 2.07. The van der Waals surface area contributed by atoms with Crippen LogP contribution in [0.3, 0.4) is 0 Å². The fourth-order valence-electron chi connectivity index (χ4n) is 1.98. The maximum Gasteiger partial charge on any atom is 0.141 e. The molecule has 3 heteroatoms. The summed E-state index contributed by atoms with van der Waals surface area (Å²) < 4.78 is 18.4. The van der Waals surface area contributed by atoms with Gasteiger partial charge in [-0.2, -0.15) is 0 Å². The quantitative estimate of drug-likeness (QED) is 0.819. The first-order chi connectivity index (χ1) is 9.06. The Morgan fingerprint density at radius 3 is 2.63 bits per heavy atom. The molecule has 0 radical (unpaired) electrons. The molecule has 0 amide bonds. The summed E-state index contributed by atoms with van der Waals surface area (Å²) in [5.41, 5.74) is 3.26. The molecule has 2 rings (SSSR count). The van der Waals surface area contributed by atoms with Gasteiger partial charge in [-0.3, -0.25) is 4.98 Å². The molecule has 19 heavy (non-hydrogen) atoms. The Kier molecular flexibility index (Phi) is 4.15. The highest BCUT2D eigenvalue weighted by Crippen LogP contribution is 2.24. The Morgan fingerprint density at radius 1 is 1.21 bits per heavy atom. The molecular formula is C16H18FNO. The molecule has 0 saturated carbocycles. The number of ether oxygens (including phenoxy) is 1. The second-order valence-electron chi connectivity index (χ2n) is 4.93. The zero-order valence-electron chi connectivity index (χ0n) is 11.5. The van der Waals surface area contributed by atoms with Crippen LogP contribution in [0.15, 0.2) is 36.5 Å². The van der Waals surface area contributed by atoms with Gasteiger partial charge in [0.25, 0.3) is 0 Å². The molecule has 0 bridgehead atoms. The van der Waals surface area contributed by atoms with Gasteiger partial charge in [-0.05, 0) is 48.2 Å². The van der Waals surface area contributed by atoms with Crippen molar-refractivity contribution >= 4 is 0 Å². The van der Waals surface area contributed by atoms with E-state index in [-0.39, 0.29) is 5.82 Å². The first kappa shape index (κ1) is 13.5. The summed E-state index contributed by atoms with van der Waals surface area (Å²) in [7, 11) is 0. The molecule has 0 N–H and O–H groups in total. The molecule has 1 aromatic heterocycles.